The minimum atomic E-state index is -0.523. The summed E-state index contributed by atoms with van der Waals surface area (Å²) < 4.78 is 4.84. The Hall–Kier alpha value is -1.95. The predicted molar refractivity (Wildman–Crippen MR) is 71.1 cm³/mol. The van der Waals surface area contributed by atoms with E-state index in [1.165, 1.54) is 6.07 Å². The number of esters is 1. The third kappa shape index (κ3) is 5.05. The van der Waals surface area contributed by atoms with Crippen molar-refractivity contribution in [3.8, 4) is 0 Å². The summed E-state index contributed by atoms with van der Waals surface area (Å²) in [6.45, 7) is 3.26. The summed E-state index contributed by atoms with van der Waals surface area (Å²) in [5.41, 5.74) is 0.353. The lowest BCUT2D eigenvalue weighted by molar-refractivity contribution is 0.0519. The lowest BCUT2D eigenvalue weighted by atomic mass is 10.3. The van der Waals surface area contributed by atoms with Crippen LogP contribution in [0.4, 0.5) is 0 Å². The SMILES string of the molecule is CCOC(=O)c1cccc(C(=O)NCCN(C)C)n1. The van der Waals surface area contributed by atoms with E-state index in [4.69, 9.17) is 4.74 Å². The van der Waals surface area contributed by atoms with Crippen molar-refractivity contribution >= 4 is 11.9 Å². The Balaban J connectivity index is 2.65. The van der Waals surface area contributed by atoms with Gasteiger partial charge in [-0.2, -0.15) is 0 Å². The molecule has 104 valence electrons. The van der Waals surface area contributed by atoms with Gasteiger partial charge in [0.15, 0.2) is 0 Å². The molecule has 6 nitrogen and oxygen atoms in total. The van der Waals surface area contributed by atoms with Crippen LogP contribution in [0.1, 0.15) is 27.9 Å². The number of carbonyl (C=O) groups is 2. The van der Waals surface area contributed by atoms with Gasteiger partial charge in [0.05, 0.1) is 6.61 Å². The molecule has 0 aromatic carbocycles. The maximum atomic E-state index is 11.8. The third-order valence-corrected chi connectivity index (χ3v) is 2.31. The summed E-state index contributed by atoms with van der Waals surface area (Å²) in [6.07, 6.45) is 0. The lowest BCUT2D eigenvalue weighted by Gasteiger charge is -2.10. The van der Waals surface area contributed by atoms with Gasteiger partial charge in [-0.1, -0.05) is 6.07 Å². The van der Waals surface area contributed by atoms with Crippen molar-refractivity contribution < 1.29 is 14.3 Å². The molecule has 0 aliphatic carbocycles. The molecular weight excluding hydrogens is 246 g/mol. The molecule has 0 aliphatic rings. The number of pyridine rings is 1. The van der Waals surface area contributed by atoms with E-state index in [0.717, 1.165) is 6.54 Å². The summed E-state index contributed by atoms with van der Waals surface area (Å²) in [5, 5.41) is 2.73. The van der Waals surface area contributed by atoms with E-state index in [0.29, 0.717) is 6.54 Å². The number of likely N-dealkylation sites (N-methyl/N-ethyl adjacent to an activating group) is 1. The average Bonchev–Trinajstić information content (AvgIpc) is 2.38. The highest BCUT2D eigenvalue weighted by atomic mass is 16.5. The van der Waals surface area contributed by atoms with Crippen LogP contribution in [-0.4, -0.2) is 55.6 Å². The Morgan fingerprint density at radius 3 is 2.63 bits per heavy atom. The zero-order valence-electron chi connectivity index (χ0n) is 11.5. The van der Waals surface area contributed by atoms with Crippen LogP contribution in [0.3, 0.4) is 0 Å². The van der Waals surface area contributed by atoms with Gasteiger partial charge in [-0.05, 0) is 33.2 Å². The first-order valence-corrected chi connectivity index (χ1v) is 6.11. The molecule has 1 aromatic heterocycles. The molecule has 1 N–H and O–H groups in total. The van der Waals surface area contributed by atoms with E-state index >= 15 is 0 Å². The first-order valence-electron chi connectivity index (χ1n) is 6.11. The van der Waals surface area contributed by atoms with Gasteiger partial charge in [-0.15, -0.1) is 0 Å². The molecule has 0 atom stereocenters. The van der Waals surface area contributed by atoms with E-state index in [1.807, 2.05) is 19.0 Å². The minimum Gasteiger partial charge on any atom is -0.461 e. The van der Waals surface area contributed by atoms with Crippen LogP contribution in [0.5, 0.6) is 0 Å². The largest absolute Gasteiger partial charge is 0.461 e. The molecule has 0 radical (unpaired) electrons. The summed E-state index contributed by atoms with van der Waals surface area (Å²) in [6, 6.07) is 4.70. The summed E-state index contributed by atoms with van der Waals surface area (Å²) >= 11 is 0. The molecule has 0 spiro atoms. The van der Waals surface area contributed by atoms with E-state index in [9.17, 15) is 9.59 Å². The fraction of sp³-hybridized carbons (Fsp3) is 0.462. The molecule has 19 heavy (non-hydrogen) atoms. The van der Waals surface area contributed by atoms with Gasteiger partial charge in [0.1, 0.15) is 11.4 Å². The normalized spacial score (nSPS) is 10.3. The Labute approximate surface area is 112 Å². The third-order valence-electron chi connectivity index (χ3n) is 2.31. The number of nitrogens with one attached hydrogen (secondary N) is 1. The van der Waals surface area contributed by atoms with Gasteiger partial charge >= 0.3 is 5.97 Å². The fourth-order valence-electron chi connectivity index (χ4n) is 1.36. The van der Waals surface area contributed by atoms with Gasteiger partial charge in [0.25, 0.3) is 5.91 Å². The van der Waals surface area contributed by atoms with Crippen molar-refractivity contribution in [1.82, 2.24) is 15.2 Å². The van der Waals surface area contributed by atoms with Crippen molar-refractivity contribution in [2.45, 2.75) is 6.92 Å². The van der Waals surface area contributed by atoms with Gasteiger partial charge in [0.2, 0.25) is 0 Å². The topological polar surface area (TPSA) is 71.5 Å². The molecule has 0 aliphatic heterocycles. The molecule has 0 fully saturated rings. The summed E-state index contributed by atoms with van der Waals surface area (Å²) in [5.74, 6) is -0.821. The van der Waals surface area contributed by atoms with Gasteiger partial charge in [0, 0.05) is 13.1 Å². The Morgan fingerprint density at radius 2 is 2.00 bits per heavy atom. The zero-order chi connectivity index (χ0) is 14.3. The number of carbonyl (C=O) groups excluding carboxylic acids is 2. The molecule has 1 heterocycles. The van der Waals surface area contributed by atoms with Crippen LogP contribution in [0.15, 0.2) is 18.2 Å². The Morgan fingerprint density at radius 1 is 1.32 bits per heavy atom. The van der Waals surface area contributed by atoms with E-state index < -0.39 is 5.97 Å². The summed E-state index contributed by atoms with van der Waals surface area (Å²) in [4.78, 5) is 29.3. The second kappa shape index (κ2) is 7.48. The van der Waals surface area contributed by atoms with Crippen LogP contribution in [0.25, 0.3) is 0 Å². The minimum absolute atomic E-state index is 0.141. The molecule has 1 amide bonds. The van der Waals surface area contributed by atoms with Crippen LogP contribution in [0.2, 0.25) is 0 Å². The number of ether oxygens (including phenoxy) is 1. The highest BCUT2D eigenvalue weighted by Gasteiger charge is 2.12. The van der Waals surface area contributed by atoms with E-state index in [1.54, 1.807) is 19.1 Å². The van der Waals surface area contributed by atoms with Crippen LogP contribution >= 0.6 is 0 Å². The molecule has 0 bridgehead atoms. The fourth-order valence-corrected chi connectivity index (χ4v) is 1.36. The average molecular weight is 265 g/mol. The standard InChI is InChI=1S/C13H19N3O3/c1-4-19-13(18)11-7-5-6-10(15-11)12(17)14-8-9-16(2)3/h5-7H,4,8-9H2,1-3H3,(H,14,17). The molecule has 1 aromatic rings. The number of hydrogen-bond acceptors (Lipinski definition) is 5. The molecule has 0 unspecified atom stereocenters. The van der Waals surface area contributed by atoms with E-state index in [-0.39, 0.29) is 23.9 Å². The van der Waals surface area contributed by atoms with Crippen LogP contribution in [-0.2, 0) is 4.74 Å². The van der Waals surface area contributed by atoms with Crippen molar-refractivity contribution in [1.29, 1.82) is 0 Å². The summed E-state index contributed by atoms with van der Waals surface area (Å²) in [7, 11) is 3.84. The smallest absolute Gasteiger partial charge is 0.356 e. The number of aromatic nitrogens is 1. The van der Waals surface area contributed by atoms with Crippen molar-refractivity contribution in [2.24, 2.45) is 0 Å². The quantitative estimate of drug-likeness (QED) is 0.761. The number of hydrogen-bond donors (Lipinski definition) is 1. The predicted octanol–water partition coefficient (Wildman–Crippen LogP) is 0.550. The van der Waals surface area contributed by atoms with Crippen LogP contribution in [0, 0.1) is 0 Å². The number of rotatable bonds is 6. The first-order chi connectivity index (χ1) is 9.04. The van der Waals surface area contributed by atoms with Crippen molar-refractivity contribution in [2.75, 3.05) is 33.8 Å². The van der Waals surface area contributed by atoms with Gasteiger partial charge < -0.3 is 15.0 Å². The van der Waals surface area contributed by atoms with E-state index in [2.05, 4.69) is 10.3 Å². The monoisotopic (exact) mass is 265 g/mol. The molecule has 0 saturated carbocycles. The number of amides is 1. The molecule has 1 rings (SSSR count). The lowest BCUT2D eigenvalue weighted by Crippen LogP contribution is -2.32. The van der Waals surface area contributed by atoms with Crippen molar-refractivity contribution in [3.05, 3.63) is 29.6 Å². The highest BCUT2D eigenvalue weighted by molar-refractivity contribution is 5.94. The second-order valence-electron chi connectivity index (χ2n) is 4.19. The van der Waals surface area contributed by atoms with Gasteiger partial charge in [-0.3, -0.25) is 4.79 Å². The molecular formula is C13H19N3O3. The molecule has 0 saturated heterocycles. The van der Waals surface area contributed by atoms with Crippen LogP contribution < -0.4 is 5.32 Å². The van der Waals surface area contributed by atoms with Gasteiger partial charge in [-0.25, -0.2) is 9.78 Å². The Bertz CT molecular complexity index is 447. The number of nitrogens with zero attached hydrogens (tertiary/aromatic N) is 2. The second-order valence-corrected chi connectivity index (χ2v) is 4.19. The molecule has 6 heteroatoms. The first kappa shape index (κ1) is 15.1. The highest BCUT2D eigenvalue weighted by Crippen LogP contribution is 2.01. The Kier molecular flexibility index (Phi) is 5.95. The zero-order valence-corrected chi connectivity index (χ0v) is 11.5. The maximum Gasteiger partial charge on any atom is 0.356 e. The maximum absolute atomic E-state index is 11.8. The van der Waals surface area contributed by atoms with Crippen molar-refractivity contribution in [3.63, 3.8) is 0 Å².